The van der Waals surface area contributed by atoms with Crippen LogP contribution < -0.4 is 29.0 Å². The smallest absolute Gasteiger partial charge is 0.329 e. The largest absolute Gasteiger partial charge is 0.504 e. The van der Waals surface area contributed by atoms with E-state index in [0.29, 0.717) is 68.9 Å². The quantitative estimate of drug-likeness (QED) is 0.118. The van der Waals surface area contributed by atoms with Gasteiger partial charge in [-0.3, -0.25) is 19.9 Å². The molecule has 6 aliphatic heterocycles. The molecule has 5 N–H and O–H groups in total. The van der Waals surface area contributed by atoms with Crippen molar-refractivity contribution in [3.05, 3.63) is 68.9 Å². The van der Waals surface area contributed by atoms with Crippen molar-refractivity contribution in [3.63, 3.8) is 0 Å². The minimum Gasteiger partial charge on any atom is -0.504 e. The highest BCUT2D eigenvalue weighted by Gasteiger charge is 2.62. The van der Waals surface area contributed by atoms with Gasteiger partial charge < -0.3 is 48.7 Å². The molecule has 1 saturated heterocycles. The van der Waals surface area contributed by atoms with E-state index in [2.05, 4.69) is 15.2 Å². The molecule has 314 valence electrons. The number of aromatic amines is 1. The van der Waals surface area contributed by atoms with Crippen molar-refractivity contribution >= 4 is 34.6 Å². The maximum absolute atomic E-state index is 14.6. The maximum atomic E-state index is 14.6. The normalized spacial score (nSPS) is 26.7. The fraction of sp³-hybridized carbons (Fsp3) is 0.488. The molecule has 6 aliphatic rings. The van der Waals surface area contributed by atoms with Crippen molar-refractivity contribution in [3.8, 4) is 34.5 Å². The van der Waals surface area contributed by atoms with E-state index in [4.69, 9.17) is 28.4 Å². The number of phenolic OH excluding ortho intramolecular Hbond substituents is 1. The molecule has 15 nitrogen and oxygen atoms in total. The van der Waals surface area contributed by atoms with Crippen LogP contribution in [0, 0.1) is 13.8 Å². The van der Waals surface area contributed by atoms with Crippen LogP contribution in [-0.4, -0.2) is 113 Å². The number of hydrogen-bond donors (Lipinski definition) is 5. The molecule has 0 saturated carbocycles. The highest BCUT2D eigenvalue weighted by atomic mass is 32.2. The van der Waals surface area contributed by atoms with E-state index < -0.39 is 53.1 Å². The minimum absolute atomic E-state index is 0.00937. The summed E-state index contributed by atoms with van der Waals surface area (Å²) in [5.74, 6) is 1.78. The Balaban J connectivity index is 1.22. The number of aliphatic hydroxyl groups excluding tert-OH is 1. The van der Waals surface area contributed by atoms with Crippen LogP contribution in [0.2, 0.25) is 0 Å². The van der Waals surface area contributed by atoms with E-state index in [-0.39, 0.29) is 38.7 Å². The number of methoxy groups -OCH3 is 2. The van der Waals surface area contributed by atoms with Crippen molar-refractivity contribution < 1.29 is 53.3 Å². The first kappa shape index (κ1) is 39.7. The number of rotatable bonds is 9. The van der Waals surface area contributed by atoms with Gasteiger partial charge in [0.05, 0.1) is 38.2 Å². The van der Waals surface area contributed by atoms with Gasteiger partial charge in [0.2, 0.25) is 6.79 Å². The van der Waals surface area contributed by atoms with Gasteiger partial charge in [-0.05, 0) is 68.0 Å². The number of aliphatic hydroxyl groups is 2. The van der Waals surface area contributed by atoms with Crippen LogP contribution in [0.25, 0.3) is 10.9 Å². The van der Waals surface area contributed by atoms with E-state index in [1.807, 2.05) is 57.0 Å². The van der Waals surface area contributed by atoms with Crippen molar-refractivity contribution in [1.29, 1.82) is 0 Å². The highest BCUT2D eigenvalue weighted by Crippen LogP contribution is 2.64. The van der Waals surface area contributed by atoms with Crippen molar-refractivity contribution in [1.82, 2.24) is 20.1 Å². The first-order valence-electron chi connectivity index (χ1n) is 19.9. The average Bonchev–Trinajstić information content (AvgIpc) is 3.79. The van der Waals surface area contributed by atoms with Gasteiger partial charge in [0.1, 0.15) is 29.9 Å². The van der Waals surface area contributed by atoms with E-state index in [0.717, 1.165) is 27.6 Å². The van der Waals surface area contributed by atoms with Gasteiger partial charge in [0.25, 0.3) is 0 Å². The number of carbonyl (C=O) groups is 2. The molecule has 0 aliphatic carbocycles. The lowest BCUT2D eigenvalue weighted by molar-refractivity contribution is -0.214. The number of esters is 2. The van der Waals surface area contributed by atoms with Crippen molar-refractivity contribution in [2.75, 3.05) is 53.6 Å². The number of hydrogen-bond acceptors (Lipinski definition) is 15. The zero-order chi connectivity index (χ0) is 41.7. The number of aromatic hydroxyl groups is 1. The number of H-pyrrole nitrogens is 1. The summed E-state index contributed by atoms with van der Waals surface area (Å²) in [6.07, 6.45) is 0.625. The SMILES string of the molecule is CCS[C@@H]1c2c(OC(C)=O)c(C)c3c(c2[C@H](COC(=O)[C@@H]2N[C@H](CO)Cc4c2[nH]c2ccc(OC)cc42)N2[C@@H]1C1c4c(cc(C)c(OC)c4O)CC2(O)CN1C)OCO3. The predicted molar refractivity (Wildman–Crippen MR) is 218 cm³/mol. The van der Waals surface area contributed by atoms with E-state index in [1.165, 1.54) is 14.0 Å². The topological polar surface area (TPSA) is 185 Å². The fourth-order valence-corrected chi connectivity index (χ4v) is 11.8. The number of phenols is 1. The molecular formula is C43H50N4O11S. The van der Waals surface area contributed by atoms with Crippen molar-refractivity contribution in [2.45, 2.75) is 81.7 Å². The zero-order valence-electron chi connectivity index (χ0n) is 34.1. The molecule has 1 fully saturated rings. The van der Waals surface area contributed by atoms with Crippen LogP contribution in [0.5, 0.6) is 34.5 Å². The van der Waals surface area contributed by atoms with Gasteiger partial charge >= 0.3 is 11.9 Å². The van der Waals surface area contributed by atoms with Gasteiger partial charge in [0.15, 0.2) is 23.0 Å². The molecule has 7 heterocycles. The predicted octanol–water partition coefficient (Wildman–Crippen LogP) is 4.40. The van der Waals surface area contributed by atoms with E-state index >= 15 is 0 Å². The number of piperazine rings is 1. The molecule has 3 aromatic carbocycles. The average molecular weight is 831 g/mol. The molecule has 4 aromatic rings. The number of aromatic nitrogens is 1. The summed E-state index contributed by atoms with van der Waals surface area (Å²) in [5.41, 5.74) is 4.82. The van der Waals surface area contributed by atoms with Gasteiger partial charge in [-0.25, -0.2) is 4.79 Å². The Bertz CT molecular complexity index is 2390. The number of nitrogens with zero attached hydrogens (tertiary/aromatic N) is 2. The molecule has 0 amide bonds. The first-order chi connectivity index (χ1) is 28.3. The summed E-state index contributed by atoms with van der Waals surface area (Å²) < 4.78 is 36.1. The molecule has 59 heavy (non-hydrogen) atoms. The monoisotopic (exact) mass is 830 g/mol. The van der Waals surface area contributed by atoms with Crippen LogP contribution in [0.1, 0.15) is 81.9 Å². The second kappa shape index (κ2) is 14.8. The van der Waals surface area contributed by atoms with E-state index in [9.17, 15) is 24.9 Å². The lowest BCUT2D eigenvalue weighted by atomic mass is 9.78. The number of ether oxygens (including phenoxy) is 6. The number of thioether (sulfide) groups is 1. The highest BCUT2D eigenvalue weighted by molar-refractivity contribution is 7.99. The third-order valence-corrected chi connectivity index (χ3v) is 13.9. The standard InChI is InChI=1S/C43H50N4O11S/c1-8-59-41-31-30(40-39(56-18-57-40)20(3)38(31)58-21(4)49)28(47-35(41)34-29-22(14-43(47,52)17-46(34)5)11-19(2)37(54-7)36(29)50)16-55-42(51)33-32-26(12-23(15-48)44-33)25-13-24(53-6)9-10-27(25)45-32/h9-11,13,23,28,33-35,41,44-45,48,50,52H,8,12,14-18H2,1-7H3/t23-,28-,33+,34?,35+,41+,43?/m0/s1. The molecule has 0 radical (unpaired) electrons. The zero-order valence-corrected chi connectivity index (χ0v) is 35.0. The van der Waals surface area contributed by atoms with Crippen molar-refractivity contribution in [2.24, 2.45) is 0 Å². The Kier molecular flexibility index (Phi) is 9.95. The molecule has 16 heteroatoms. The Morgan fingerprint density at radius 2 is 1.85 bits per heavy atom. The lowest BCUT2D eigenvalue weighted by Gasteiger charge is -2.60. The summed E-state index contributed by atoms with van der Waals surface area (Å²) in [4.78, 5) is 35.1. The maximum Gasteiger partial charge on any atom is 0.329 e. The second-order valence-corrected chi connectivity index (χ2v) is 17.6. The Morgan fingerprint density at radius 1 is 1.07 bits per heavy atom. The fourth-order valence-electron chi connectivity index (χ4n) is 10.6. The van der Waals surface area contributed by atoms with Gasteiger partial charge in [0, 0.05) is 70.8 Å². The molecule has 0 spiro atoms. The number of aryl methyl sites for hydroxylation is 1. The van der Waals surface area contributed by atoms with Crippen LogP contribution in [0.3, 0.4) is 0 Å². The lowest BCUT2D eigenvalue weighted by Crippen LogP contribution is -2.69. The van der Waals surface area contributed by atoms with Crippen LogP contribution in [-0.2, 0) is 27.2 Å². The molecule has 2 bridgehead atoms. The number of likely N-dealkylation sites (N-methyl/N-ethyl adjacent to an activating group) is 1. The van der Waals surface area contributed by atoms with Gasteiger partial charge in [-0.15, -0.1) is 0 Å². The summed E-state index contributed by atoms with van der Waals surface area (Å²) in [6, 6.07) is 4.35. The Morgan fingerprint density at radius 3 is 2.56 bits per heavy atom. The number of benzene rings is 3. The number of carbonyl (C=O) groups excluding carboxylic acids is 2. The number of fused-ring (bicyclic) bond motifs is 7. The van der Waals surface area contributed by atoms with Crippen LogP contribution in [0.15, 0.2) is 24.3 Å². The summed E-state index contributed by atoms with van der Waals surface area (Å²) in [7, 11) is 5.06. The summed E-state index contributed by atoms with van der Waals surface area (Å²) >= 11 is 1.63. The molecule has 7 atom stereocenters. The molecule has 2 unspecified atom stereocenters. The third-order valence-electron chi connectivity index (χ3n) is 12.7. The summed E-state index contributed by atoms with van der Waals surface area (Å²) in [5, 5.41) is 39.4. The second-order valence-electron chi connectivity index (χ2n) is 16.1. The third kappa shape index (κ3) is 6.04. The Labute approximate surface area is 345 Å². The molecule has 10 rings (SSSR count). The molecular weight excluding hydrogens is 781 g/mol. The van der Waals surface area contributed by atoms with Crippen LogP contribution in [0.4, 0.5) is 0 Å². The molecule has 1 aromatic heterocycles. The first-order valence-corrected chi connectivity index (χ1v) is 21.0. The van der Waals surface area contributed by atoms with Gasteiger partial charge in [-0.1, -0.05) is 13.0 Å². The Hall–Kier alpha value is -4.71. The summed E-state index contributed by atoms with van der Waals surface area (Å²) in [6.45, 7) is 6.76. The minimum atomic E-state index is -1.55. The number of nitrogens with one attached hydrogen (secondary N) is 2. The van der Waals surface area contributed by atoms with Gasteiger partial charge in [-0.2, -0.15) is 11.8 Å². The van der Waals surface area contributed by atoms with E-state index in [1.54, 1.807) is 18.9 Å². The van der Waals surface area contributed by atoms with Crippen LogP contribution >= 0.6 is 11.8 Å².